The Kier molecular flexibility index (Phi) is 6.34. The van der Waals surface area contributed by atoms with E-state index in [9.17, 15) is 27.0 Å². The van der Waals surface area contributed by atoms with Crippen molar-refractivity contribution >= 4 is 19.9 Å². The lowest BCUT2D eigenvalue weighted by molar-refractivity contribution is 0.0438. The van der Waals surface area contributed by atoms with Crippen LogP contribution in [-0.4, -0.2) is 64.4 Å². The third-order valence-corrected chi connectivity index (χ3v) is 7.05. The molecule has 0 saturated heterocycles. The molecule has 148 valence electrons. The Morgan fingerprint density at radius 2 is 1.65 bits per heavy atom. The molecule has 2 rings (SSSR count). The summed E-state index contributed by atoms with van der Waals surface area (Å²) in [5, 5.41) is 19.8. The van der Waals surface area contributed by atoms with E-state index >= 15 is 0 Å². The largest absolute Gasteiger partial charge is 0.493 e. The molecule has 0 aliphatic heterocycles. The van der Waals surface area contributed by atoms with E-state index in [2.05, 4.69) is 4.72 Å². The maximum atomic E-state index is 11.7. The molecule has 0 heterocycles. The van der Waals surface area contributed by atoms with Crippen molar-refractivity contribution in [3.63, 3.8) is 0 Å². The summed E-state index contributed by atoms with van der Waals surface area (Å²) in [7, 11) is -6.72. The summed E-state index contributed by atoms with van der Waals surface area (Å²) in [6, 6.07) is 5.88. The summed E-state index contributed by atoms with van der Waals surface area (Å²) < 4.78 is 54.6. The molecule has 0 aromatic heterocycles. The lowest BCUT2D eigenvalue weighted by Gasteiger charge is -2.29. The molecule has 3 N–H and O–H groups in total. The Morgan fingerprint density at radius 3 is 2.12 bits per heavy atom. The van der Waals surface area contributed by atoms with E-state index in [1.54, 1.807) is 0 Å². The molecule has 0 radical (unpaired) electrons. The second kappa shape index (κ2) is 7.81. The van der Waals surface area contributed by atoms with Gasteiger partial charge in [-0.25, -0.2) is 21.6 Å². The fraction of sp³-hybridized carbons (Fsp3) is 0.625. The quantitative estimate of drug-likeness (QED) is 0.549. The van der Waals surface area contributed by atoms with E-state index in [1.165, 1.54) is 31.2 Å². The number of sulfone groups is 1. The average molecular weight is 408 g/mol. The van der Waals surface area contributed by atoms with Gasteiger partial charge in [0.2, 0.25) is 10.0 Å². The molecule has 1 aromatic rings. The van der Waals surface area contributed by atoms with Crippen molar-refractivity contribution in [3.8, 4) is 5.75 Å². The molecule has 10 heteroatoms. The number of nitrogens with one attached hydrogen (secondary N) is 1. The van der Waals surface area contributed by atoms with Crippen LogP contribution in [0.1, 0.15) is 19.8 Å². The number of benzene rings is 1. The van der Waals surface area contributed by atoms with Gasteiger partial charge in [0.05, 0.1) is 29.5 Å². The van der Waals surface area contributed by atoms with Crippen molar-refractivity contribution in [2.45, 2.75) is 36.9 Å². The zero-order valence-corrected chi connectivity index (χ0v) is 16.4. The van der Waals surface area contributed by atoms with Gasteiger partial charge >= 0.3 is 0 Å². The third kappa shape index (κ3) is 5.40. The summed E-state index contributed by atoms with van der Waals surface area (Å²) in [6.07, 6.45) is -0.391. The molecular weight excluding hydrogens is 382 g/mol. The highest BCUT2D eigenvalue weighted by Crippen LogP contribution is 2.39. The topological polar surface area (TPSA) is 130 Å². The number of rotatable bonds is 8. The first-order valence-corrected chi connectivity index (χ1v) is 11.8. The summed E-state index contributed by atoms with van der Waals surface area (Å²) in [6.45, 7) is 1.64. The van der Waals surface area contributed by atoms with Gasteiger partial charge in [0.25, 0.3) is 0 Å². The highest BCUT2D eigenvalue weighted by Gasteiger charge is 2.45. The van der Waals surface area contributed by atoms with Gasteiger partial charge in [0, 0.05) is 18.2 Å². The van der Waals surface area contributed by atoms with Gasteiger partial charge < -0.3 is 14.9 Å². The molecule has 1 saturated carbocycles. The summed E-state index contributed by atoms with van der Waals surface area (Å²) in [4.78, 5) is 0.168. The Labute approximate surface area is 154 Å². The molecule has 1 aromatic carbocycles. The van der Waals surface area contributed by atoms with Crippen LogP contribution in [0.3, 0.4) is 0 Å². The van der Waals surface area contributed by atoms with Gasteiger partial charge in [-0.1, -0.05) is 0 Å². The maximum Gasteiger partial charge on any atom is 0.211 e. The second-order valence-electron chi connectivity index (χ2n) is 6.80. The Balaban J connectivity index is 2.10. The van der Waals surface area contributed by atoms with Crippen LogP contribution in [0.4, 0.5) is 0 Å². The van der Waals surface area contributed by atoms with Crippen LogP contribution in [0.5, 0.6) is 5.75 Å². The SMILES string of the molecule is CCS(=O)(=O)NCC1(COc2ccc(S(C)(=O)=O)cc2)CC(O)C(O)C1. The number of hydrogen-bond donors (Lipinski definition) is 3. The van der Waals surface area contributed by atoms with E-state index < -0.39 is 37.5 Å². The Bertz CT molecular complexity index is 809. The van der Waals surface area contributed by atoms with Gasteiger partial charge in [-0.15, -0.1) is 0 Å². The van der Waals surface area contributed by atoms with Crippen molar-refractivity contribution < 1.29 is 31.8 Å². The predicted molar refractivity (Wildman–Crippen MR) is 96.2 cm³/mol. The van der Waals surface area contributed by atoms with Crippen LogP contribution in [0.2, 0.25) is 0 Å². The molecule has 1 fully saturated rings. The van der Waals surface area contributed by atoms with E-state index in [0.717, 1.165) is 6.26 Å². The average Bonchev–Trinajstić information content (AvgIpc) is 2.86. The normalized spacial score (nSPS) is 26.8. The summed E-state index contributed by atoms with van der Waals surface area (Å²) in [5.74, 6) is 0.355. The van der Waals surface area contributed by atoms with Crippen LogP contribution in [0.15, 0.2) is 29.2 Å². The third-order valence-electron chi connectivity index (χ3n) is 4.57. The van der Waals surface area contributed by atoms with Gasteiger partial charge in [-0.3, -0.25) is 0 Å². The molecule has 2 atom stereocenters. The van der Waals surface area contributed by atoms with Gasteiger partial charge in [0.1, 0.15) is 5.75 Å². The molecule has 0 amide bonds. The summed E-state index contributed by atoms with van der Waals surface area (Å²) in [5.41, 5.74) is -0.753. The monoisotopic (exact) mass is 407 g/mol. The molecule has 0 spiro atoms. The second-order valence-corrected chi connectivity index (χ2v) is 10.9. The first-order chi connectivity index (χ1) is 12.0. The number of aliphatic hydroxyl groups excluding tert-OH is 2. The highest BCUT2D eigenvalue weighted by atomic mass is 32.2. The van der Waals surface area contributed by atoms with Crippen molar-refractivity contribution in [1.82, 2.24) is 4.72 Å². The smallest absolute Gasteiger partial charge is 0.211 e. The van der Waals surface area contributed by atoms with Crippen LogP contribution >= 0.6 is 0 Å². The Hall–Kier alpha value is -1.20. The first-order valence-electron chi connectivity index (χ1n) is 8.23. The fourth-order valence-electron chi connectivity index (χ4n) is 2.94. The fourth-order valence-corrected chi connectivity index (χ4v) is 4.30. The maximum absolute atomic E-state index is 11.7. The van der Waals surface area contributed by atoms with Gasteiger partial charge in [0.15, 0.2) is 9.84 Å². The standard InChI is InChI=1S/C16H25NO7S2/c1-3-26(22,23)17-10-16(8-14(18)15(19)9-16)11-24-12-4-6-13(7-5-12)25(2,20)21/h4-7,14-15,17-19H,3,8-11H2,1-2H3. The number of aliphatic hydroxyl groups is 2. The van der Waals surface area contributed by atoms with Crippen molar-refractivity contribution in [2.75, 3.05) is 25.2 Å². The van der Waals surface area contributed by atoms with Crippen LogP contribution in [-0.2, 0) is 19.9 Å². The van der Waals surface area contributed by atoms with Crippen molar-refractivity contribution in [1.29, 1.82) is 0 Å². The molecular formula is C16H25NO7S2. The van der Waals surface area contributed by atoms with E-state index in [-0.39, 0.29) is 36.6 Å². The van der Waals surface area contributed by atoms with Crippen LogP contribution < -0.4 is 9.46 Å². The minimum atomic E-state index is -3.42. The van der Waals surface area contributed by atoms with Gasteiger partial charge in [-0.2, -0.15) is 0 Å². The van der Waals surface area contributed by atoms with E-state index in [0.29, 0.717) is 5.75 Å². The zero-order valence-electron chi connectivity index (χ0n) is 14.8. The molecule has 0 bridgehead atoms. The number of hydrogen-bond acceptors (Lipinski definition) is 7. The van der Waals surface area contributed by atoms with Crippen LogP contribution in [0, 0.1) is 5.41 Å². The summed E-state index contributed by atoms with van der Waals surface area (Å²) >= 11 is 0. The minimum Gasteiger partial charge on any atom is -0.493 e. The van der Waals surface area contributed by atoms with E-state index in [4.69, 9.17) is 4.74 Å². The highest BCUT2D eigenvalue weighted by molar-refractivity contribution is 7.90. The Morgan fingerprint density at radius 1 is 1.12 bits per heavy atom. The predicted octanol–water partition coefficient (Wildman–Crippen LogP) is -0.0898. The minimum absolute atomic E-state index is 0.0404. The van der Waals surface area contributed by atoms with E-state index in [1.807, 2.05) is 0 Å². The zero-order chi connectivity index (χ0) is 19.6. The lowest BCUT2D eigenvalue weighted by atomic mass is 9.87. The lowest BCUT2D eigenvalue weighted by Crippen LogP contribution is -2.41. The molecule has 1 aliphatic rings. The first kappa shape index (κ1) is 21.1. The van der Waals surface area contributed by atoms with Gasteiger partial charge in [-0.05, 0) is 44.0 Å². The molecule has 1 aliphatic carbocycles. The molecule has 8 nitrogen and oxygen atoms in total. The molecule has 2 unspecified atom stereocenters. The number of ether oxygens (including phenoxy) is 1. The molecule has 26 heavy (non-hydrogen) atoms. The van der Waals surface area contributed by atoms with Crippen molar-refractivity contribution in [2.24, 2.45) is 5.41 Å². The van der Waals surface area contributed by atoms with Crippen LogP contribution in [0.25, 0.3) is 0 Å². The number of sulfonamides is 1. The van der Waals surface area contributed by atoms with Crippen molar-refractivity contribution in [3.05, 3.63) is 24.3 Å².